The predicted molar refractivity (Wildman–Crippen MR) is 66.0 cm³/mol. The number of halogens is 1. The molecule has 1 heteroatoms. The highest BCUT2D eigenvalue weighted by Gasteiger charge is 2.00. The molecule has 15 heavy (non-hydrogen) atoms. The summed E-state index contributed by atoms with van der Waals surface area (Å²) in [5, 5.41) is 0.750. The lowest BCUT2D eigenvalue weighted by molar-refractivity contribution is 1.56. The molecular formula is C14H11Cl. The van der Waals surface area contributed by atoms with E-state index in [0.29, 0.717) is 0 Å². The third kappa shape index (κ3) is 2.28. The lowest BCUT2D eigenvalue weighted by atomic mass is 10.00. The number of benzene rings is 2. The largest absolute Gasteiger partial charge is 0.0906 e. The van der Waals surface area contributed by atoms with E-state index in [9.17, 15) is 0 Å². The van der Waals surface area contributed by atoms with Gasteiger partial charge in [-0.25, -0.2) is 0 Å². The van der Waals surface area contributed by atoms with Crippen molar-refractivity contribution in [2.24, 2.45) is 0 Å². The Morgan fingerprint density at radius 3 is 1.93 bits per heavy atom. The summed E-state index contributed by atoms with van der Waals surface area (Å²) in [6.45, 7) is 4.08. The Balaban J connectivity index is 2.33. The highest BCUT2D eigenvalue weighted by Crippen LogP contribution is 2.22. The molecule has 0 aliphatic rings. The Hall–Kier alpha value is -1.53. The molecule has 0 saturated carbocycles. The van der Waals surface area contributed by atoms with Crippen molar-refractivity contribution >= 4 is 17.2 Å². The maximum absolute atomic E-state index is 5.83. The van der Waals surface area contributed by atoms with Crippen molar-refractivity contribution in [1.82, 2.24) is 0 Å². The molecule has 0 radical (unpaired) electrons. The van der Waals surface area contributed by atoms with Crippen molar-refractivity contribution in [2.45, 2.75) is 0 Å². The van der Waals surface area contributed by atoms with Crippen LogP contribution in [0, 0.1) is 0 Å². The smallest absolute Gasteiger partial charge is 0.0406 e. The molecule has 0 amide bonds. The van der Waals surface area contributed by atoms with Gasteiger partial charge in [-0.1, -0.05) is 60.6 Å². The van der Waals surface area contributed by atoms with Crippen LogP contribution < -0.4 is 0 Å². The molecular weight excluding hydrogens is 204 g/mol. The first kappa shape index (κ1) is 10.0. The van der Waals surface area contributed by atoms with Gasteiger partial charge in [-0.3, -0.25) is 0 Å². The molecule has 0 heterocycles. The Morgan fingerprint density at radius 2 is 1.33 bits per heavy atom. The molecule has 0 aromatic heterocycles. The van der Waals surface area contributed by atoms with E-state index in [2.05, 4.69) is 18.7 Å². The van der Waals surface area contributed by atoms with Crippen molar-refractivity contribution < 1.29 is 0 Å². The zero-order valence-corrected chi connectivity index (χ0v) is 9.04. The second-order valence-corrected chi connectivity index (χ2v) is 3.79. The van der Waals surface area contributed by atoms with E-state index in [1.807, 2.05) is 42.5 Å². The second-order valence-electron chi connectivity index (χ2n) is 3.35. The molecule has 2 rings (SSSR count). The van der Waals surface area contributed by atoms with Gasteiger partial charge in [-0.15, -0.1) is 0 Å². The minimum absolute atomic E-state index is 0.750. The molecule has 0 aliphatic heterocycles. The number of hydrogen-bond acceptors (Lipinski definition) is 0. The summed E-state index contributed by atoms with van der Waals surface area (Å²) in [6, 6.07) is 17.9. The molecule has 0 N–H and O–H groups in total. The van der Waals surface area contributed by atoms with Crippen LogP contribution in [-0.4, -0.2) is 0 Å². The Kier molecular flexibility index (Phi) is 2.89. The van der Waals surface area contributed by atoms with Crippen LogP contribution in [-0.2, 0) is 0 Å². The van der Waals surface area contributed by atoms with Crippen LogP contribution in [0.5, 0.6) is 0 Å². The zero-order chi connectivity index (χ0) is 10.7. The molecule has 0 unspecified atom stereocenters. The van der Waals surface area contributed by atoms with E-state index in [-0.39, 0.29) is 0 Å². The number of hydrogen-bond donors (Lipinski definition) is 0. The highest BCUT2D eigenvalue weighted by atomic mass is 35.5. The second kappa shape index (κ2) is 4.33. The predicted octanol–water partition coefficient (Wildman–Crippen LogP) is 4.40. The van der Waals surface area contributed by atoms with E-state index >= 15 is 0 Å². The average molecular weight is 215 g/mol. The van der Waals surface area contributed by atoms with Crippen LogP contribution in [0.4, 0.5) is 0 Å². The van der Waals surface area contributed by atoms with Gasteiger partial charge in [0.15, 0.2) is 0 Å². The van der Waals surface area contributed by atoms with E-state index in [4.69, 9.17) is 11.6 Å². The molecule has 0 aliphatic carbocycles. The summed E-state index contributed by atoms with van der Waals surface area (Å²) in [4.78, 5) is 0. The maximum atomic E-state index is 5.83. The van der Waals surface area contributed by atoms with Gasteiger partial charge >= 0.3 is 0 Å². The third-order valence-corrected chi connectivity index (χ3v) is 2.57. The third-order valence-electron chi connectivity index (χ3n) is 2.31. The fourth-order valence-electron chi connectivity index (χ4n) is 1.46. The number of rotatable bonds is 2. The van der Waals surface area contributed by atoms with Crippen LogP contribution in [0.1, 0.15) is 11.1 Å². The monoisotopic (exact) mass is 214 g/mol. The molecule has 0 spiro atoms. The summed E-state index contributed by atoms with van der Waals surface area (Å²) >= 11 is 5.83. The first-order valence-corrected chi connectivity index (χ1v) is 5.15. The summed E-state index contributed by atoms with van der Waals surface area (Å²) in [7, 11) is 0. The van der Waals surface area contributed by atoms with Crippen LogP contribution >= 0.6 is 11.6 Å². The van der Waals surface area contributed by atoms with Gasteiger partial charge in [-0.2, -0.15) is 0 Å². The quantitative estimate of drug-likeness (QED) is 0.695. The van der Waals surface area contributed by atoms with Gasteiger partial charge in [0.25, 0.3) is 0 Å². The van der Waals surface area contributed by atoms with Crippen molar-refractivity contribution in [2.75, 3.05) is 0 Å². The first-order valence-electron chi connectivity index (χ1n) is 4.77. The van der Waals surface area contributed by atoms with E-state index < -0.39 is 0 Å². The van der Waals surface area contributed by atoms with E-state index in [0.717, 1.165) is 21.7 Å². The molecule has 0 nitrogen and oxygen atoms in total. The minimum atomic E-state index is 0.750. The van der Waals surface area contributed by atoms with Gasteiger partial charge in [0.05, 0.1) is 0 Å². The van der Waals surface area contributed by atoms with Gasteiger partial charge in [-0.05, 0) is 28.8 Å². The topological polar surface area (TPSA) is 0 Å². The Morgan fingerprint density at radius 1 is 0.800 bits per heavy atom. The summed E-state index contributed by atoms with van der Waals surface area (Å²) in [5.74, 6) is 0. The van der Waals surface area contributed by atoms with Gasteiger partial charge in [0.2, 0.25) is 0 Å². The molecule has 2 aromatic carbocycles. The standard InChI is InChI=1S/C14H11Cl/c1-11(12-5-3-2-4-6-12)13-7-9-14(15)10-8-13/h2-10H,1H2. The fraction of sp³-hybridized carbons (Fsp3) is 0. The summed E-state index contributed by atoms with van der Waals surface area (Å²) in [6.07, 6.45) is 0. The normalized spacial score (nSPS) is 9.93. The average Bonchev–Trinajstić information content (AvgIpc) is 2.30. The maximum Gasteiger partial charge on any atom is 0.0406 e. The van der Waals surface area contributed by atoms with Crippen LogP contribution in [0.2, 0.25) is 5.02 Å². The zero-order valence-electron chi connectivity index (χ0n) is 8.28. The fourth-order valence-corrected chi connectivity index (χ4v) is 1.58. The van der Waals surface area contributed by atoms with E-state index in [1.165, 1.54) is 0 Å². The highest BCUT2D eigenvalue weighted by molar-refractivity contribution is 6.30. The molecule has 0 atom stereocenters. The van der Waals surface area contributed by atoms with Crippen LogP contribution in [0.15, 0.2) is 61.2 Å². The molecule has 2 aromatic rings. The minimum Gasteiger partial charge on any atom is -0.0906 e. The molecule has 0 saturated heterocycles. The lowest BCUT2D eigenvalue weighted by Gasteiger charge is -2.05. The van der Waals surface area contributed by atoms with Crippen molar-refractivity contribution in [3.05, 3.63) is 77.3 Å². The van der Waals surface area contributed by atoms with Crippen LogP contribution in [0.3, 0.4) is 0 Å². The molecule has 0 bridgehead atoms. The van der Waals surface area contributed by atoms with E-state index in [1.54, 1.807) is 0 Å². The van der Waals surface area contributed by atoms with Crippen molar-refractivity contribution in [3.8, 4) is 0 Å². The van der Waals surface area contributed by atoms with Gasteiger partial charge in [0.1, 0.15) is 0 Å². The molecule has 0 fully saturated rings. The van der Waals surface area contributed by atoms with Crippen molar-refractivity contribution in [3.63, 3.8) is 0 Å². The summed E-state index contributed by atoms with van der Waals surface area (Å²) < 4.78 is 0. The van der Waals surface area contributed by atoms with Gasteiger partial charge in [0, 0.05) is 5.02 Å². The SMILES string of the molecule is C=C(c1ccccc1)c1ccc(Cl)cc1. The van der Waals surface area contributed by atoms with Crippen LogP contribution in [0.25, 0.3) is 5.57 Å². The first-order chi connectivity index (χ1) is 7.27. The van der Waals surface area contributed by atoms with Crippen molar-refractivity contribution in [1.29, 1.82) is 0 Å². The Bertz CT molecular complexity index is 454. The molecule has 74 valence electrons. The van der Waals surface area contributed by atoms with Gasteiger partial charge < -0.3 is 0 Å². The summed E-state index contributed by atoms with van der Waals surface area (Å²) in [5.41, 5.74) is 3.26. The Labute approximate surface area is 94.8 Å². The lowest BCUT2D eigenvalue weighted by Crippen LogP contribution is -1.84.